The minimum atomic E-state index is -1.03. The Morgan fingerprint density at radius 3 is 2.72 bits per heavy atom. The zero-order chi connectivity index (χ0) is 20.4. The number of aryl methyl sites for hydroxylation is 2. The van der Waals surface area contributed by atoms with E-state index >= 15 is 0 Å². The van der Waals surface area contributed by atoms with E-state index in [0.717, 1.165) is 28.9 Å². The van der Waals surface area contributed by atoms with Crippen LogP contribution in [0.15, 0.2) is 48.5 Å². The number of carbonyl (C=O) groups excluding carboxylic acids is 3. The molecule has 0 saturated carbocycles. The van der Waals surface area contributed by atoms with Crippen molar-refractivity contribution in [2.75, 3.05) is 13.1 Å². The van der Waals surface area contributed by atoms with Crippen molar-refractivity contribution in [3.8, 4) is 0 Å². The molecule has 150 valence electrons. The molecule has 1 fully saturated rings. The maximum Gasteiger partial charge on any atom is 0.325 e. The number of carbonyl (C=O) groups is 3. The molecule has 0 radical (unpaired) electrons. The number of fused-ring (bicyclic) bond motifs is 2. The second kappa shape index (κ2) is 7.70. The first-order valence-electron chi connectivity index (χ1n) is 10.0. The summed E-state index contributed by atoms with van der Waals surface area (Å²) in [6.45, 7) is 2.23. The van der Waals surface area contributed by atoms with Gasteiger partial charge in [-0.2, -0.15) is 0 Å². The van der Waals surface area contributed by atoms with E-state index in [1.54, 1.807) is 0 Å². The van der Waals surface area contributed by atoms with Gasteiger partial charge in [0.15, 0.2) is 0 Å². The predicted octanol–water partition coefficient (Wildman–Crippen LogP) is 2.44. The third-order valence-corrected chi connectivity index (χ3v) is 5.93. The Morgan fingerprint density at radius 1 is 1.14 bits per heavy atom. The van der Waals surface area contributed by atoms with E-state index in [2.05, 4.69) is 10.6 Å². The summed E-state index contributed by atoms with van der Waals surface area (Å²) in [4.78, 5) is 39.2. The van der Waals surface area contributed by atoms with Crippen molar-refractivity contribution in [1.82, 2.24) is 15.5 Å². The lowest BCUT2D eigenvalue weighted by molar-refractivity contribution is -0.135. The number of nitrogens with one attached hydrogen (secondary N) is 2. The molecule has 1 atom stereocenters. The van der Waals surface area contributed by atoms with Gasteiger partial charge < -0.3 is 10.6 Å². The Hall–Kier alpha value is -3.15. The highest BCUT2D eigenvalue weighted by Gasteiger charge is 2.54. The molecule has 6 nitrogen and oxygen atoms in total. The van der Waals surface area contributed by atoms with Gasteiger partial charge in [0.05, 0.1) is 0 Å². The molecular formula is C23H25N3O3. The fourth-order valence-electron chi connectivity index (χ4n) is 4.38. The summed E-state index contributed by atoms with van der Waals surface area (Å²) < 4.78 is 0. The van der Waals surface area contributed by atoms with Gasteiger partial charge in [-0.05, 0) is 54.9 Å². The summed E-state index contributed by atoms with van der Waals surface area (Å²) in [6, 6.07) is 15.2. The first kappa shape index (κ1) is 19.2. The largest absolute Gasteiger partial charge is 0.354 e. The van der Waals surface area contributed by atoms with Gasteiger partial charge in [-0.15, -0.1) is 0 Å². The van der Waals surface area contributed by atoms with Crippen LogP contribution < -0.4 is 10.6 Å². The average molecular weight is 391 g/mol. The first-order chi connectivity index (χ1) is 14.0. The predicted molar refractivity (Wildman–Crippen MR) is 109 cm³/mol. The summed E-state index contributed by atoms with van der Waals surface area (Å²) in [5, 5.41) is 5.70. The number of amides is 4. The second-order valence-corrected chi connectivity index (χ2v) is 7.76. The smallest absolute Gasteiger partial charge is 0.325 e. The van der Waals surface area contributed by atoms with E-state index < -0.39 is 11.6 Å². The van der Waals surface area contributed by atoms with Crippen molar-refractivity contribution < 1.29 is 14.4 Å². The minimum Gasteiger partial charge on any atom is -0.354 e. The quantitative estimate of drug-likeness (QED) is 0.769. The van der Waals surface area contributed by atoms with Crippen LogP contribution in [-0.2, 0) is 28.0 Å². The molecule has 6 heteroatoms. The second-order valence-electron chi connectivity index (χ2n) is 7.76. The maximum atomic E-state index is 13.2. The lowest BCUT2D eigenvalue weighted by Crippen LogP contribution is -2.47. The summed E-state index contributed by atoms with van der Waals surface area (Å²) >= 11 is 0. The van der Waals surface area contributed by atoms with E-state index in [1.807, 2.05) is 55.5 Å². The van der Waals surface area contributed by atoms with Crippen molar-refractivity contribution in [2.45, 2.75) is 38.1 Å². The van der Waals surface area contributed by atoms with Crippen LogP contribution >= 0.6 is 0 Å². The number of hydrogen-bond donors (Lipinski definition) is 2. The molecule has 2 aliphatic rings. The van der Waals surface area contributed by atoms with Gasteiger partial charge in [0.1, 0.15) is 12.1 Å². The van der Waals surface area contributed by atoms with Crippen molar-refractivity contribution in [1.29, 1.82) is 0 Å². The molecule has 1 heterocycles. The van der Waals surface area contributed by atoms with Crippen LogP contribution in [0.3, 0.4) is 0 Å². The Bertz CT molecular complexity index is 971. The van der Waals surface area contributed by atoms with Crippen LogP contribution in [0.1, 0.15) is 35.1 Å². The average Bonchev–Trinajstić information content (AvgIpc) is 2.94. The van der Waals surface area contributed by atoms with Crippen LogP contribution in [0.4, 0.5) is 4.79 Å². The molecule has 1 saturated heterocycles. The summed E-state index contributed by atoms with van der Waals surface area (Å²) in [5.74, 6) is -0.660. The number of urea groups is 1. The Balaban J connectivity index is 1.41. The highest BCUT2D eigenvalue weighted by molar-refractivity contribution is 6.09. The summed E-state index contributed by atoms with van der Waals surface area (Å²) in [6.07, 6.45) is 2.97. The lowest BCUT2D eigenvalue weighted by atomic mass is 9.76. The minimum absolute atomic E-state index is 0.262. The first-order valence-corrected chi connectivity index (χ1v) is 10.0. The molecule has 29 heavy (non-hydrogen) atoms. The lowest BCUT2D eigenvalue weighted by Gasteiger charge is -2.33. The standard InChI is InChI=1S/C23H25N3O3/c1-16-7-2-3-8-17(16)12-14-24-20(27)15-26-21(28)23(25-22(26)29)13-6-10-18-9-4-5-11-19(18)23/h2-5,7-9,11H,6,10,12-15H2,1H3,(H,24,27)(H,25,29)/t23-/m1/s1. The number of nitrogens with zero attached hydrogens (tertiary/aromatic N) is 1. The molecule has 1 aliphatic heterocycles. The van der Waals surface area contributed by atoms with Gasteiger partial charge in [-0.3, -0.25) is 14.5 Å². The summed E-state index contributed by atoms with van der Waals surface area (Å²) in [7, 11) is 0. The zero-order valence-corrected chi connectivity index (χ0v) is 16.5. The molecule has 0 aromatic heterocycles. The Morgan fingerprint density at radius 2 is 1.90 bits per heavy atom. The van der Waals surface area contributed by atoms with Crippen LogP contribution in [0.2, 0.25) is 0 Å². The topological polar surface area (TPSA) is 78.5 Å². The van der Waals surface area contributed by atoms with Crippen molar-refractivity contribution >= 4 is 17.8 Å². The van der Waals surface area contributed by atoms with Gasteiger partial charge in [0, 0.05) is 6.54 Å². The molecule has 1 spiro atoms. The number of imide groups is 1. The Kier molecular flexibility index (Phi) is 5.09. The summed E-state index contributed by atoms with van der Waals surface area (Å²) in [5.41, 5.74) is 3.24. The van der Waals surface area contributed by atoms with Crippen molar-refractivity contribution in [2.24, 2.45) is 0 Å². The maximum absolute atomic E-state index is 13.2. The van der Waals surface area contributed by atoms with E-state index in [4.69, 9.17) is 0 Å². The molecular weight excluding hydrogens is 366 g/mol. The third-order valence-electron chi connectivity index (χ3n) is 5.93. The monoisotopic (exact) mass is 391 g/mol. The SMILES string of the molecule is Cc1ccccc1CCNC(=O)CN1C(=O)N[C@@]2(CCCc3ccccc32)C1=O. The van der Waals surface area contributed by atoms with Gasteiger partial charge >= 0.3 is 6.03 Å². The molecule has 2 aromatic carbocycles. The third kappa shape index (κ3) is 3.50. The fraction of sp³-hybridized carbons (Fsp3) is 0.348. The Labute approximate surface area is 170 Å². The number of hydrogen-bond acceptors (Lipinski definition) is 3. The van der Waals surface area contributed by atoms with Gasteiger partial charge in [0.2, 0.25) is 5.91 Å². The van der Waals surface area contributed by atoms with E-state index in [9.17, 15) is 14.4 Å². The highest BCUT2D eigenvalue weighted by atomic mass is 16.2. The van der Waals surface area contributed by atoms with E-state index in [0.29, 0.717) is 19.4 Å². The van der Waals surface area contributed by atoms with E-state index in [1.165, 1.54) is 11.1 Å². The van der Waals surface area contributed by atoms with Crippen molar-refractivity contribution in [3.63, 3.8) is 0 Å². The molecule has 0 unspecified atom stereocenters. The van der Waals surface area contributed by atoms with Crippen molar-refractivity contribution in [3.05, 3.63) is 70.8 Å². The van der Waals surface area contributed by atoms with Gasteiger partial charge in [0.25, 0.3) is 5.91 Å². The number of benzene rings is 2. The van der Waals surface area contributed by atoms with Gasteiger partial charge in [-0.25, -0.2) is 4.79 Å². The van der Waals surface area contributed by atoms with Crippen LogP contribution in [0.5, 0.6) is 0 Å². The zero-order valence-electron chi connectivity index (χ0n) is 16.5. The van der Waals surface area contributed by atoms with Crippen LogP contribution in [0.25, 0.3) is 0 Å². The molecule has 4 rings (SSSR count). The van der Waals surface area contributed by atoms with Crippen LogP contribution in [-0.4, -0.2) is 35.8 Å². The molecule has 1 aliphatic carbocycles. The number of rotatable bonds is 5. The normalized spacial score (nSPS) is 20.5. The van der Waals surface area contributed by atoms with Gasteiger partial charge in [-0.1, -0.05) is 48.5 Å². The fourth-order valence-corrected chi connectivity index (χ4v) is 4.38. The van der Waals surface area contributed by atoms with E-state index in [-0.39, 0.29) is 18.4 Å². The highest BCUT2D eigenvalue weighted by Crippen LogP contribution is 2.39. The molecule has 2 aromatic rings. The van der Waals surface area contributed by atoms with Crippen LogP contribution in [0, 0.1) is 6.92 Å². The molecule has 2 N–H and O–H groups in total. The molecule has 0 bridgehead atoms. The molecule has 4 amide bonds.